The number of hydrogen-bond donors (Lipinski definition) is 0. The Kier molecular flexibility index (Phi) is 4.45. The van der Waals surface area contributed by atoms with Crippen LogP contribution < -0.4 is 0 Å². The smallest absolute Gasteiger partial charge is 0.160 e. The predicted octanol–water partition coefficient (Wildman–Crippen LogP) is 9.29. The molecule has 0 amide bonds. The lowest BCUT2D eigenvalue weighted by Gasteiger charge is -2.08. The van der Waals surface area contributed by atoms with Crippen molar-refractivity contribution >= 4 is 69.9 Å². The molecule has 0 radical (unpaired) electrons. The van der Waals surface area contributed by atoms with E-state index in [9.17, 15) is 0 Å². The predicted molar refractivity (Wildman–Crippen MR) is 167 cm³/mol. The van der Waals surface area contributed by atoms with Gasteiger partial charge in [0.2, 0.25) is 0 Å². The standard InChI is InChI=1S/C35H20N4S/c1-2-10-21(11-3-1)35-37-30(34-32(38-35)27-16-8-9-17-28(27)40-34)22-18-19-39-29(20-22)36-31-25-14-6-4-12-23(25)24-13-5-7-15-26(24)33(31)39/h1-20H. The van der Waals surface area contributed by atoms with Crippen molar-refractivity contribution in [1.82, 2.24) is 19.4 Å². The molecule has 0 aliphatic carbocycles. The lowest BCUT2D eigenvalue weighted by molar-refractivity contribution is 1.21. The minimum absolute atomic E-state index is 0.733. The fourth-order valence-corrected chi connectivity index (χ4v) is 7.14. The van der Waals surface area contributed by atoms with E-state index in [1.165, 1.54) is 26.2 Å². The minimum atomic E-state index is 0.733. The number of hydrogen-bond acceptors (Lipinski definition) is 4. The van der Waals surface area contributed by atoms with Gasteiger partial charge in [-0.05, 0) is 29.0 Å². The second-order valence-electron chi connectivity index (χ2n) is 10.1. The van der Waals surface area contributed by atoms with E-state index >= 15 is 0 Å². The summed E-state index contributed by atoms with van der Waals surface area (Å²) in [5.41, 5.74) is 7.04. The highest BCUT2D eigenvalue weighted by molar-refractivity contribution is 7.26. The largest absolute Gasteiger partial charge is 0.299 e. The Morgan fingerprint density at radius 2 is 1.20 bits per heavy atom. The van der Waals surface area contributed by atoms with Crippen LogP contribution in [0.5, 0.6) is 0 Å². The number of fused-ring (bicyclic) bond motifs is 11. The van der Waals surface area contributed by atoms with Crippen LogP contribution in [0.25, 0.3) is 81.2 Å². The van der Waals surface area contributed by atoms with Gasteiger partial charge < -0.3 is 0 Å². The Labute approximate surface area is 232 Å². The van der Waals surface area contributed by atoms with Gasteiger partial charge in [0.05, 0.1) is 26.9 Å². The minimum Gasteiger partial charge on any atom is -0.299 e. The summed E-state index contributed by atoms with van der Waals surface area (Å²) in [5.74, 6) is 0.733. The molecule has 5 aromatic carbocycles. The normalized spacial score (nSPS) is 12.0. The third-order valence-electron chi connectivity index (χ3n) is 7.81. The monoisotopic (exact) mass is 528 g/mol. The molecule has 0 saturated carbocycles. The molecule has 0 bridgehead atoms. The summed E-state index contributed by atoms with van der Waals surface area (Å²) in [7, 11) is 0. The Hall–Kier alpha value is -5.13. The van der Waals surface area contributed by atoms with Crippen LogP contribution in [-0.2, 0) is 0 Å². The van der Waals surface area contributed by atoms with E-state index < -0.39 is 0 Å². The molecule has 0 aliphatic heterocycles. The number of nitrogens with zero attached hydrogens (tertiary/aromatic N) is 4. The van der Waals surface area contributed by atoms with Crippen LogP contribution in [-0.4, -0.2) is 19.4 Å². The number of aromatic nitrogens is 4. The highest BCUT2D eigenvalue weighted by Gasteiger charge is 2.19. The van der Waals surface area contributed by atoms with E-state index in [0.29, 0.717) is 0 Å². The maximum atomic E-state index is 5.21. The summed E-state index contributed by atoms with van der Waals surface area (Å²) >= 11 is 1.75. The van der Waals surface area contributed by atoms with Crippen LogP contribution in [0.2, 0.25) is 0 Å². The highest BCUT2D eigenvalue weighted by Crippen LogP contribution is 2.40. The molecule has 0 fully saturated rings. The second-order valence-corrected chi connectivity index (χ2v) is 11.1. The van der Waals surface area contributed by atoms with Crippen LogP contribution in [0.1, 0.15) is 0 Å². The van der Waals surface area contributed by atoms with Crippen LogP contribution >= 0.6 is 11.3 Å². The summed E-state index contributed by atoms with van der Waals surface area (Å²) in [4.78, 5) is 15.4. The topological polar surface area (TPSA) is 43.1 Å². The van der Waals surface area contributed by atoms with Crippen molar-refractivity contribution < 1.29 is 0 Å². The van der Waals surface area contributed by atoms with Crippen molar-refractivity contribution in [2.24, 2.45) is 0 Å². The number of imidazole rings is 1. The van der Waals surface area contributed by atoms with Gasteiger partial charge in [-0.15, -0.1) is 11.3 Å². The molecule has 4 nitrogen and oxygen atoms in total. The zero-order valence-corrected chi connectivity index (χ0v) is 22.1. The number of rotatable bonds is 2. The first-order chi connectivity index (χ1) is 19.8. The van der Waals surface area contributed by atoms with Crippen LogP contribution in [0.3, 0.4) is 0 Å². The van der Waals surface area contributed by atoms with Gasteiger partial charge in [0.25, 0.3) is 0 Å². The van der Waals surface area contributed by atoms with Crippen LogP contribution in [0.4, 0.5) is 0 Å². The Morgan fingerprint density at radius 1 is 0.525 bits per heavy atom. The van der Waals surface area contributed by atoms with E-state index in [1.54, 1.807) is 11.3 Å². The quantitative estimate of drug-likeness (QED) is 0.210. The molecular weight excluding hydrogens is 508 g/mol. The molecule has 9 aromatic rings. The Bertz CT molecular complexity index is 2440. The first-order valence-electron chi connectivity index (χ1n) is 13.3. The summed E-state index contributed by atoms with van der Waals surface area (Å²) in [6, 6.07) is 40.2. The maximum Gasteiger partial charge on any atom is 0.160 e. The molecule has 40 heavy (non-hydrogen) atoms. The van der Waals surface area contributed by atoms with Gasteiger partial charge in [-0.3, -0.25) is 4.40 Å². The Balaban J connectivity index is 1.37. The lowest BCUT2D eigenvalue weighted by atomic mass is 10.00. The highest BCUT2D eigenvalue weighted by atomic mass is 32.1. The van der Waals surface area contributed by atoms with Gasteiger partial charge in [0.1, 0.15) is 5.65 Å². The molecule has 4 heterocycles. The molecule has 0 aliphatic rings. The molecule has 0 saturated heterocycles. The van der Waals surface area contributed by atoms with Gasteiger partial charge >= 0.3 is 0 Å². The van der Waals surface area contributed by atoms with Crippen LogP contribution in [0.15, 0.2) is 121 Å². The second kappa shape index (κ2) is 8.18. The number of benzene rings is 5. The van der Waals surface area contributed by atoms with Crippen molar-refractivity contribution in [2.45, 2.75) is 0 Å². The van der Waals surface area contributed by atoms with E-state index in [0.717, 1.165) is 54.9 Å². The zero-order valence-electron chi connectivity index (χ0n) is 21.2. The van der Waals surface area contributed by atoms with Crippen molar-refractivity contribution in [3.05, 3.63) is 121 Å². The van der Waals surface area contributed by atoms with E-state index in [4.69, 9.17) is 15.0 Å². The third-order valence-corrected chi connectivity index (χ3v) is 8.97. The summed E-state index contributed by atoms with van der Waals surface area (Å²) in [6.07, 6.45) is 2.14. The van der Waals surface area contributed by atoms with Gasteiger partial charge in [-0.1, -0.05) is 97.1 Å². The molecule has 0 atom stereocenters. The molecule has 186 valence electrons. The summed E-state index contributed by atoms with van der Waals surface area (Å²) in [6.45, 7) is 0. The first kappa shape index (κ1) is 21.8. The van der Waals surface area contributed by atoms with Crippen molar-refractivity contribution in [3.8, 4) is 22.6 Å². The number of pyridine rings is 1. The average Bonchev–Trinajstić information content (AvgIpc) is 3.60. The molecule has 0 unspecified atom stereocenters. The van der Waals surface area contributed by atoms with Crippen molar-refractivity contribution in [3.63, 3.8) is 0 Å². The van der Waals surface area contributed by atoms with Gasteiger partial charge in [-0.25, -0.2) is 15.0 Å². The summed E-state index contributed by atoms with van der Waals surface area (Å²) in [5, 5.41) is 6.00. The fourth-order valence-electron chi connectivity index (χ4n) is 5.99. The van der Waals surface area contributed by atoms with Gasteiger partial charge in [0.15, 0.2) is 5.82 Å². The third kappa shape index (κ3) is 3.04. The number of thiophene rings is 1. The molecular formula is C35H20N4S. The lowest BCUT2D eigenvalue weighted by Crippen LogP contribution is -1.94. The first-order valence-corrected chi connectivity index (χ1v) is 14.1. The van der Waals surface area contributed by atoms with Crippen LogP contribution in [0, 0.1) is 0 Å². The zero-order chi connectivity index (χ0) is 26.2. The van der Waals surface area contributed by atoms with Gasteiger partial charge in [-0.2, -0.15) is 0 Å². The van der Waals surface area contributed by atoms with E-state index in [-0.39, 0.29) is 0 Å². The molecule has 9 rings (SSSR count). The molecule has 5 heteroatoms. The van der Waals surface area contributed by atoms with E-state index in [2.05, 4.69) is 108 Å². The Morgan fingerprint density at radius 3 is 2.02 bits per heavy atom. The molecule has 0 spiro atoms. The fraction of sp³-hybridized carbons (Fsp3) is 0. The van der Waals surface area contributed by atoms with Gasteiger partial charge in [0, 0.05) is 38.2 Å². The average molecular weight is 529 g/mol. The van der Waals surface area contributed by atoms with Crippen molar-refractivity contribution in [2.75, 3.05) is 0 Å². The van der Waals surface area contributed by atoms with Crippen molar-refractivity contribution in [1.29, 1.82) is 0 Å². The summed E-state index contributed by atoms with van der Waals surface area (Å²) < 4.78 is 4.52. The molecule has 4 aromatic heterocycles. The van der Waals surface area contributed by atoms with E-state index in [1.807, 2.05) is 18.2 Å². The SMILES string of the molecule is c1ccc(-c2nc(-c3ccn4c(c3)nc3c5ccccc5c5ccccc5c34)c3sc4ccccc4c3n2)cc1. The molecule has 0 N–H and O–H groups in total. The maximum absolute atomic E-state index is 5.21.